The van der Waals surface area contributed by atoms with Crippen molar-refractivity contribution in [3.8, 4) is 0 Å². The number of furan rings is 1. The van der Waals surface area contributed by atoms with Crippen molar-refractivity contribution in [3.63, 3.8) is 0 Å². The molecule has 0 bridgehead atoms. The summed E-state index contributed by atoms with van der Waals surface area (Å²) in [4.78, 5) is 0. The summed E-state index contributed by atoms with van der Waals surface area (Å²) in [5.41, 5.74) is 2.16. The molecule has 0 radical (unpaired) electrons. The molecule has 66 valence electrons. The number of hydrogen-bond acceptors (Lipinski definition) is 2. The van der Waals surface area contributed by atoms with Crippen LogP contribution in [0.15, 0.2) is 34.7 Å². The van der Waals surface area contributed by atoms with Crippen LogP contribution in [-0.2, 0) is 6.42 Å². The third kappa shape index (κ3) is 2.93. The molecule has 1 atom stereocenters. The Labute approximate surface area is 72.5 Å². The molecule has 2 nitrogen and oxygen atoms in total. The van der Waals surface area contributed by atoms with Crippen LogP contribution in [0, 0.1) is 0 Å². The van der Waals surface area contributed by atoms with Gasteiger partial charge in [-0.2, -0.15) is 0 Å². The summed E-state index contributed by atoms with van der Waals surface area (Å²) in [6.07, 6.45) is 5.34. The van der Waals surface area contributed by atoms with Crippen LogP contribution in [0.2, 0.25) is 0 Å². The summed E-state index contributed by atoms with van der Waals surface area (Å²) in [5.74, 6) is 0. The Bertz CT molecular complexity index is 243. The number of hydrogen-bond donors (Lipinski definition) is 1. The number of rotatable bonds is 3. The number of allylic oxidation sites excluding steroid dienone is 1. The molecule has 0 fully saturated rings. The van der Waals surface area contributed by atoms with E-state index in [1.54, 1.807) is 12.5 Å². The van der Waals surface area contributed by atoms with Crippen LogP contribution in [0.4, 0.5) is 0 Å². The van der Waals surface area contributed by atoms with Crippen LogP contribution >= 0.6 is 0 Å². The number of aliphatic hydroxyl groups excluding tert-OH is 1. The minimum atomic E-state index is -0.396. The van der Waals surface area contributed by atoms with E-state index in [9.17, 15) is 5.11 Å². The Hall–Kier alpha value is -1.02. The summed E-state index contributed by atoms with van der Waals surface area (Å²) in [5, 5.41) is 9.47. The Morgan fingerprint density at radius 2 is 2.42 bits per heavy atom. The van der Waals surface area contributed by atoms with E-state index in [1.807, 2.05) is 26.0 Å². The monoisotopic (exact) mass is 166 g/mol. The largest absolute Gasteiger partial charge is 0.472 e. The fourth-order valence-electron chi connectivity index (χ4n) is 1.09. The van der Waals surface area contributed by atoms with Crippen LogP contribution in [-0.4, -0.2) is 11.2 Å². The molecule has 0 aromatic carbocycles. The summed E-state index contributed by atoms with van der Waals surface area (Å²) in [6, 6.07) is 1.86. The van der Waals surface area contributed by atoms with Gasteiger partial charge in [-0.05, 0) is 25.5 Å². The first-order valence-corrected chi connectivity index (χ1v) is 4.02. The third-order valence-electron chi connectivity index (χ3n) is 1.55. The average Bonchev–Trinajstić information content (AvgIpc) is 2.37. The van der Waals surface area contributed by atoms with Gasteiger partial charge in [-0.3, -0.25) is 0 Å². The van der Waals surface area contributed by atoms with E-state index in [-0.39, 0.29) is 0 Å². The van der Waals surface area contributed by atoms with Gasteiger partial charge >= 0.3 is 0 Å². The maximum absolute atomic E-state index is 9.47. The third-order valence-corrected chi connectivity index (χ3v) is 1.55. The Morgan fingerprint density at radius 3 is 2.92 bits per heavy atom. The summed E-state index contributed by atoms with van der Waals surface area (Å²) < 4.78 is 4.89. The van der Waals surface area contributed by atoms with Crippen LogP contribution in [0.25, 0.3) is 0 Å². The van der Waals surface area contributed by atoms with Crippen molar-refractivity contribution >= 4 is 0 Å². The van der Waals surface area contributed by atoms with Gasteiger partial charge < -0.3 is 9.52 Å². The van der Waals surface area contributed by atoms with Crippen LogP contribution in [0.3, 0.4) is 0 Å². The quantitative estimate of drug-likeness (QED) is 0.698. The average molecular weight is 166 g/mol. The zero-order valence-electron chi connectivity index (χ0n) is 7.45. The standard InChI is InChI=1S/C10H14O2/c1-8(2)5-10(11)6-9-3-4-12-7-9/h3-5,7,10-11H,6H2,1-2H3. The molecular formula is C10H14O2. The topological polar surface area (TPSA) is 33.4 Å². The van der Waals surface area contributed by atoms with Gasteiger partial charge in [0.2, 0.25) is 0 Å². The lowest BCUT2D eigenvalue weighted by Crippen LogP contribution is -2.06. The van der Waals surface area contributed by atoms with Crippen molar-refractivity contribution in [2.75, 3.05) is 0 Å². The highest BCUT2D eigenvalue weighted by Crippen LogP contribution is 2.06. The Balaban J connectivity index is 2.47. The lowest BCUT2D eigenvalue weighted by molar-refractivity contribution is 0.222. The van der Waals surface area contributed by atoms with E-state index in [0.717, 1.165) is 11.1 Å². The minimum Gasteiger partial charge on any atom is -0.472 e. The molecule has 0 aliphatic rings. The lowest BCUT2D eigenvalue weighted by atomic mass is 10.1. The first-order chi connectivity index (χ1) is 5.68. The highest BCUT2D eigenvalue weighted by Gasteiger charge is 2.02. The number of aliphatic hydroxyl groups is 1. The van der Waals surface area contributed by atoms with Gasteiger partial charge in [-0.25, -0.2) is 0 Å². The predicted octanol–water partition coefficient (Wildman–Crippen LogP) is 2.15. The molecule has 1 N–H and O–H groups in total. The molecule has 12 heavy (non-hydrogen) atoms. The molecule has 1 aromatic heterocycles. The van der Waals surface area contributed by atoms with Gasteiger partial charge in [0.05, 0.1) is 18.6 Å². The molecular weight excluding hydrogens is 152 g/mol. The van der Waals surface area contributed by atoms with E-state index in [4.69, 9.17) is 4.42 Å². The van der Waals surface area contributed by atoms with Crippen LogP contribution < -0.4 is 0 Å². The van der Waals surface area contributed by atoms with Crippen LogP contribution in [0.1, 0.15) is 19.4 Å². The Morgan fingerprint density at radius 1 is 1.67 bits per heavy atom. The van der Waals surface area contributed by atoms with Crippen molar-refractivity contribution in [2.24, 2.45) is 0 Å². The molecule has 0 aliphatic carbocycles. The predicted molar refractivity (Wildman–Crippen MR) is 47.8 cm³/mol. The van der Waals surface area contributed by atoms with E-state index >= 15 is 0 Å². The van der Waals surface area contributed by atoms with Gasteiger partial charge in [-0.1, -0.05) is 11.6 Å². The van der Waals surface area contributed by atoms with E-state index < -0.39 is 6.10 Å². The Kier molecular flexibility index (Phi) is 3.11. The van der Waals surface area contributed by atoms with E-state index in [1.165, 1.54) is 0 Å². The smallest absolute Gasteiger partial charge is 0.0935 e. The lowest BCUT2D eigenvalue weighted by Gasteiger charge is -2.03. The summed E-state index contributed by atoms with van der Waals surface area (Å²) >= 11 is 0. The zero-order valence-corrected chi connectivity index (χ0v) is 7.45. The fraction of sp³-hybridized carbons (Fsp3) is 0.400. The van der Waals surface area contributed by atoms with Crippen molar-refractivity contribution in [1.29, 1.82) is 0 Å². The van der Waals surface area contributed by atoms with Gasteiger partial charge in [-0.15, -0.1) is 0 Å². The maximum Gasteiger partial charge on any atom is 0.0935 e. The second-order valence-corrected chi connectivity index (χ2v) is 3.15. The molecule has 1 heterocycles. The van der Waals surface area contributed by atoms with E-state index in [0.29, 0.717) is 6.42 Å². The van der Waals surface area contributed by atoms with Gasteiger partial charge in [0.1, 0.15) is 0 Å². The molecule has 1 rings (SSSR count). The first kappa shape index (κ1) is 9.07. The first-order valence-electron chi connectivity index (χ1n) is 4.02. The van der Waals surface area contributed by atoms with Gasteiger partial charge in [0.15, 0.2) is 0 Å². The summed E-state index contributed by atoms with van der Waals surface area (Å²) in [6.45, 7) is 3.94. The fourth-order valence-corrected chi connectivity index (χ4v) is 1.09. The highest BCUT2D eigenvalue weighted by atomic mass is 16.3. The SMILES string of the molecule is CC(C)=CC(O)Cc1ccoc1. The van der Waals surface area contributed by atoms with Crippen molar-refractivity contribution in [3.05, 3.63) is 35.8 Å². The molecule has 0 amide bonds. The second-order valence-electron chi connectivity index (χ2n) is 3.15. The second kappa shape index (κ2) is 4.12. The molecule has 0 saturated carbocycles. The van der Waals surface area contributed by atoms with Gasteiger partial charge in [0, 0.05) is 6.42 Å². The molecule has 0 aliphatic heterocycles. The molecule has 1 aromatic rings. The highest BCUT2D eigenvalue weighted by molar-refractivity contribution is 5.10. The summed E-state index contributed by atoms with van der Waals surface area (Å²) in [7, 11) is 0. The van der Waals surface area contributed by atoms with Crippen LogP contribution in [0.5, 0.6) is 0 Å². The van der Waals surface area contributed by atoms with Crippen molar-refractivity contribution in [2.45, 2.75) is 26.4 Å². The molecule has 0 spiro atoms. The van der Waals surface area contributed by atoms with Crippen molar-refractivity contribution < 1.29 is 9.52 Å². The van der Waals surface area contributed by atoms with E-state index in [2.05, 4.69) is 0 Å². The normalized spacial score (nSPS) is 12.6. The zero-order chi connectivity index (χ0) is 8.97. The van der Waals surface area contributed by atoms with Crippen molar-refractivity contribution in [1.82, 2.24) is 0 Å². The molecule has 2 heteroatoms. The minimum absolute atomic E-state index is 0.396. The molecule has 0 saturated heterocycles. The molecule has 1 unspecified atom stereocenters. The van der Waals surface area contributed by atoms with Gasteiger partial charge in [0.25, 0.3) is 0 Å². The maximum atomic E-state index is 9.47.